The number of hydrogen-bond acceptors (Lipinski definition) is 4. The zero-order chi connectivity index (χ0) is 10.7. The van der Waals surface area contributed by atoms with E-state index in [4.69, 9.17) is 4.74 Å². The van der Waals surface area contributed by atoms with Gasteiger partial charge in [-0.25, -0.2) is 9.37 Å². The number of rotatable bonds is 2. The highest BCUT2D eigenvalue weighted by atomic mass is 19.1. The van der Waals surface area contributed by atoms with Gasteiger partial charge >= 0.3 is 0 Å². The van der Waals surface area contributed by atoms with Gasteiger partial charge in [-0.05, 0) is 19.4 Å². The summed E-state index contributed by atoms with van der Waals surface area (Å²) in [6.07, 6.45) is 4.26. The van der Waals surface area contributed by atoms with E-state index in [1.807, 2.05) is 0 Å². The molecule has 1 aliphatic heterocycles. The van der Waals surface area contributed by atoms with E-state index in [0.717, 1.165) is 13.0 Å². The molecule has 0 aliphatic carbocycles. The van der Waals surface area contributed by atoms with Crippen molar-refractivity contribution in [3.63, 3.8) is 0 Å². The van der Waals surface area contributed by atoms with Crippen molar-refractivity contribution in [2.75, 3.05) is 20.2 Å². The fourth-order valence-electron chi connectivity index (χ4n) is 1.85. The number of methoxy groups -OCH3 is 1. The molecule has 1 saturated heterocycles. The Bertz CT molecular complexity index is 339. The summed E-state index contributed by atoms with van der Waals surface area (Å²) in [5.41, 5.74) is -1.14. The molecular formula is C10H14FN3O. The van der Waals surface area contributed by atoms with Crippen molar-refractivity contribution in [2.45, 2.75) is 18.5 Å². The van der Waals surface area contributed by atoms with Crippen molar-refractivity contribution in [1.82, 2.24) is 15.3 Å². The second kappa shape index (κ2) is 4.10. The Hall–Kier alpha value is -1.23. The minimum Gasteiger partial charge on any atom is -0.480 e. The van der Waals surface area contributed by atoms with Crippen molar-refractivity contribution < 1.29 is 9.13 Å². The van der Waals surface area contributed by atoms with Crippen molar-refractivity contribution in [3.8, 4) is 5.88 Å². The fraction of sp³-hybridized carbons (Fsp3) is 0.600. The summed E-state index contributed by atoms with van der Waals surface area (Å²) >= 11 is 0. The number of aromatic nitrogens is 2. The third-order valence-electron chi connectivity index (χ3n) is 2.61. The first-order valence-electron chi connectivity index (χ1n) is 5.01. The molecule has 0 radical (unpaired) electrons. The van der Waals surface area contributed by atoms with E-state index in [1.165, 1.54) is 19.5 Å². The van der Waals surface area contributed by atoms with Crippen molar-refractivity contribution in [2.24, 2.45) is 0 Å². The van der Waals surface area contributed by atoms with E-state index in [1.54, 1.807) is 0 Å². The lowest BCUT2D eigenvalue weighted by Crippen LogP contribution is -2.41. The smallest absolute Gasteiger partial charge is 0.238 e. The molecule has 0 amide bonds. The Balaban J connectivity index is 2.34. The predicted octanol–water partition coefficient (Wildman–Crippen LogP) is 1.03. The van der Waals surface area contributed by atoms with Crippen LogP contribution in [0.1, 0.15) is 18.5 Å². The summed E-state index contributed by atoms with van der Waals surface area (Å²) in [4.78, 5) is 8.01. The number of nitrogens with one attached hydrogen (secondary N) is 1. The van der Waals surface area contributed by atoms with Crippen LogP contribution in [0, 0.1) is 0 Å². The predicted molar refractivity (Wildman–Crippen MR) is 53.5 cm³/mol. The van der Waals surface area contributed by atoms with E-state index in [9.17, 15) is 4.39 Å². The molecule has 15 heavy (non-hydrogen) atoms. The monoisotopic (exact) mass is 211 g/mol. The third-order valence-corrected chi connectivity index (χ3v) is 2.61. The third kappa shape index (κ3) is 1.92. The topological polar surface area (TPSA) is 47.0 Å². The molecule has 4 nitrogen and oxygen atoms in total. The SMILES string of the molecule is COc1nccnc1C1(F)CCCNC1. The zero-order valence-corrected chi connectivity index (χ0v) is 8.66. The Kier molecular flexibility index (Phi) is 2.81. The lowest BCUT2D eigenvalue weighted by molar-refractivity contribution is 0.111. The Morgan fingerprint density at radius 1 is 1.47 bits per heavy atom. The van der Waals surface area contributed by atoms with Crippen LogP contribution in [0.15, 0.2) is 12.4 Å². The van der Waals surface area contributed by atoms with Crippen LogP contribution in [-0.2, 0) is 5.67 Å². The first-order valence-corrected chi connectivity index (χ1v) is 5.01. The molecule has 1 aromatic heterocycles. The summed E-state index contributed by atoms with van der Waals surface area (Å²) in [7, 11) is 1.48. The number of alkyl halides is 1. The standard InChI is InChI=1S/C10H14FN3O/c1-15-9-8(13-5-6-14-9)10(11)3-2-4-12-7-10/h5-6,12H,2-4,7H2,1H3. The number of ether oxygens (including phenoxy) is 1. The molecule has 1 unspecified atom stereocenters. The van der Waals surface area contributed by atoms with Crippen molar-refractivity contribution in [1.29, 1.82) is 0 Å². The fourth-order valence-corrected chi connectivity index (χ4v) is 1.85. The lowest BCUT2D eigenvalue weighted by atomic mass is 9.92. The molecule has 2 rings (SSSR count). The van der Waals surface area contributed by atoms with Gasteiger partial charge in [0.1, 0.15) is 5.69 Å². The Morgan fingerprint density at radius 3 is 2.93 bits per heavy atom. The van der Waals surface area contributed by atoms with Gasteiger partial charge < -0.3 is 10.1 Å². The van der Waals surface area contributed by atoms with Gasteiger partial charge in [0.05, 0.1) is 7.11 Å². The molecule has 1 aliphatic rings. The van der Waals surface area contributed by atoms with Gasteiger partial charge in [-0.3, -0.25) is 4.98 Å². The molecule has 1 N–H and O–H groups in total. The maximum Gasteiger partial charge on any atom is 0.238 e. The van der Waals surface area contributed by atoms with Crippen LogP contribution < -0.4 is 10.1 Å². The van der Waals surface area contributed by atoms with Crippen LogP contribution in [0.2, 0.25) is 0 Å². The van der Waals surface area contributed by atoms with E-state index in [2.05, 4.69) is 15.3 Å². The largest absolute Gasteiger partial charge is 0.480 e. The molecule has 82 valence electrons. The molecule has 0 bridgehead atoms. The Morgan fingerprint density at radius 2 is 2.27 bits per heavy atom. The van der Waals surface area contributed by atoms with Gasteiger partial charge in [-0.1, -0.05) is 0 Å². The minimum atomic E-state index is -1.45. The van der Waals surface area contributed by atoms with Crippen LogP contribution in [-0.4, -0.2) is 30.2 Å². The number of hydrogen-bond donors (Lipinski definition) is 1. The zero-order valence-electron chi connectivity index (χ0n) is 8.66. The average molecular weight is 211 g/mol. The molecular weight excluding hydrogens is 197 g/mol. The van der Waals surface area contributed by atoms with E-state index >= 15 is 0 Å². The van der Waals surface area contributed by atoms with Crippen LogP contribution in [0.4, 0.5) is 4.39 Å². The highest BCUT2D eigenvalue weighted by Crippen LogP contribution is 2.35. The summed E-state index contributed by atoms with van der Waals surface area (Å²) in [6.45, 7) is 1.14. The molecule has 1 fully saturated rings. The van der Waals surface area contributed by atoms with E-state index < -0.39 is 5.67 Å². The molecule has 2 heterocycles. The maximum absolute atomic E-state index is 14.5. The number of piperidine rings is 1. The van der Waals surface area contributed by atoms with Gasteiger partial charge in [0.25, 0.3) is 0 Å². The average Bonchev–Trinajstić information content (AvgIpc) is 2.30. The van der Waals surface area contributed by atoms with Crippen LogP contribution >= 0.6 is 0 Å². The first-order chi connectivity index (χ1) is 7.26. The summed E-state index contributed by atoms with van der Waals surface area (Å²) in [5, 5.41) is 3.03. The summed E-state index contributed by atoms with van der Waals surface area (Å²) < 4.78 is 19.5. The highest BCUT2D eigenvalue weighted by molar-refractivity contribution is 5.25. The van der Waals surface area contributed by atoms with Gasteiger partial charge in [0, 0.05) is 18.9 Å². The van der Waals surface area contributed by atoms with Crippen LogP contribution in [0.3, 0.4) is 0 Å². The van der Waals surface area contributed by atoms with Crippen LogP contribution in [0.25, 0.3) is 0 Å². The van der Waals surface area contributed by atoms with Crippen molar-refractivity contribution in [3.05, 3.63) is 18.1 Å². The minimum absolute atomic E-state index is 0.280. The number of halogens is 1. The molecule has 5 heteroatoms. The van der Waals surface area contributed by atoms with E-state index in [0.29, 0.717) is 12.1 Å². The lowest BCUT2D eigenvalue weighted by Gasteiger charge is -2.29. The van der Waals surface area contributed by atoms with Gasteiger partial charge in [-0.15, -0.1) is 0 Å². The highest BCUT2D eigenvalue weighted by Gasteiger charge is 2.38. The van der Waals surface area contributed by atoms with Gasteiger partial charge in [0.15, 0.2) is 5.67 Å². The maximum atomic E-state index is 14.5. The van der Waals surface area contributed by atoms with Gasteiger partial charge in [-0.2, -0.15) is 0 Å². The molecule has 0 spiro atoms. The molecule has 0 saturated carbocycles. The second-order valence-corrected chi connectivity index (χ2v) is 3.66. The first kappa shape index (κ1) is 10.3. The second-order valence-electron chi connectivity index (χ2n) is 3.66. The normalized spacial score (nSPS) is 26.3. The molecule has 1 atom stereocenters. The molecule has 0 aromatic carbocycles. The summed E-state index contributed by atoms with van der Waals surface area (Å²) in [6, 6.07) is 0. The van der Waals surface area contributed by atoms with Crippen molar-refractivity contribution >= 4 is 0 Å². The quantitative estimate of drug-likeness (QED) is 0.793. The molecule has 1 aromatic rings. The Labute approximate surface area is 87.9 Å². The van der Waals surface area contributed by atoms with Gasteiger partial charge in [0.2, 0.25) is 5.88 Å². The summed E-state index contributed by atoms with van der Waals surface area (Å²) in [5.74, 6) is 0.281. The number of nitrogens with zero attached hydrogens (tertiary/aromatic N) is 2. The van der Waals surface area contributed by atoms with E-state index in [-0.39, 0.29) is 12.4 Å². The van der Waals surface area contributed by atoms with Crippen LogP contribution in [0.5, 0.6) is 5.88 Å².